The van der Waals surface area contributed by atoms with Gasteiger partial charge in [0.1, 0.15) is 6.54 Å². The van der Waals surface area contributed by atoms with E-state index in [1.807, 2.05) is 13.8 Å². The second-order valence-corrected chi connectivity index (χ2v) is 8.51. The van der Waals surface area contributed by atoms with Crippen molar-refractivity contribution in [3.8, 4) is 11.4 Å². The summed E-state index contributed by atoms with van der Waals surface area (Å²) in [6.45, 7) is 4.94. The molecule has 1 aromatic heterocycles. The first-order valence-electron chi connectivity index (χ1n) is 8.24. The van der Waals surface area contributed by atoms with Crippen molar-refractivity contribution in [2.24, 2.45) is 0 Å². The standard InChI is InChI=1S/C16H21N5O4S/c1-11-8-20(9-12(2)25-11)15(22)10-21-18-16(17-19-21)13-4-6-14(7-5-13)26(3,23)24/h4-7,11-12H,8-10H2,1-3H3/t11-,12-/m0/s1. The molecule has 2 heterocycles. The fourth-order valence-electron chi connectivity index (χ4n) is 2.88. The molecule has 0 spiro atoms. The Kier molecular flexibility index (Phi) is 5.05. The molecular weight excluding hydrogens is 358 g/mol. The number of rotatable bonds is 4. The Bertz CT molecular complexity index is 884. The van der Waals surface area contributed by atoms with Gasteiger partial charge in [0.25, 0.3) is 0 Å². The Morgan fingerprint density at radius 2 is 1.81 bits per heavy atom. The van der Waals surface area contributed by atoms with Crippen LogP contribution in [0.5, 0.6) is 0 Å². The van der Waals surface area contributed by atoms with Crippen molar-refractivity contribution in [3.05, 3.63) is 24.3 Å². The number of amides is 1. The van der Waals surface area contributed by atoms with Gasteiger partial charge in [-0.15, -0.1) is 10.2 Å². The number of tetrazole rings is 1. The van der Waals surface area contributed by atoms with E-state index in [1.165, 1.54) is 16.9 Å². The number of aromatic nitrogens is 4. The molecule has 0 radical (unpaired) electrons. The van der Waals surface area contributed by atoms with Gasteiger partial charge in [0.15, 0.2) is 9.84 Å². The van der Waals surface area contributed by atoms with E-state index < -0.39 is 9.84 Å². The summed E-state index contributed by atoms with van der Waals surface area (Å²) in [6, 6.07) is 6.22. The summed E-state index contributed by atoms with van der Waals surface area (Å²) in [5.74, 6) is 0.241. The Balaban J connectivity index is 1.69. The molecule has 2 atom stereocenters. The van der Waals surface area contributed by atoms with Crippen molar-refractivity contribution >= 4 is 15.7 Å². The largest absolute Gasteiger partial charge is 0.372 e. The summed E-state index contributed by atoms with van der Waals surface area (Å²) >= 11 is 0. The van der Waals surface area contributed by atoms with Gasteiger partial charge in [0.2, 0.25) is 11.7 Å². The normalized spacial score (nSPS) is 21.0. The molecule has 1 saturated heterocycles. The third kappa shape index (κ3) is 4.25. The zero-order valence-corrected chi connectivity index (χ0v) is 15.7. The van der Waals surface area contributed by atoms with Crippen LogP contribution in [0.1, 0.15) is 13.8 Å². The Hall–Kier alpha value is -2.33. The number of benzene rings is 1. The lowest BCUT2D eigenvalue weighted by Crippen LogP contribution is -2.49. The first kappa shape index (κ1) is 18.5. The van der Waals surface area contributed by atoms with E-state index in [2.05, 4.69) is 15.4 Å². The van der Waals surface area contributed by atoms with Crippen molar-refractivity contribution in [2.75, 3.05) is 19.3 Å². The van der Waals surface area contributed by atoms with E-state index in [-0.39, 0.29) is 29.6 Å². The fourth-order valence-corrected chi connectivity index (χ4v) is 3.51. The Labute approximate surface area is 151 Å². The highest BCUT2D eigenvalue weighted by Crippen LogP contribution is 2.17. The van der Waals surface area contributed by atoms with Crippen LogP contribution in [0.4, 0.5) is 0 Å². The van der Waals surface area contributed by atoms with E-state index in [9.17, 15) is 13.2 Å². The Morgan fingerprint density at radius 1 is 1.19 bits per heavy atom. The third-order valence-electron chi connectivity index (χ3n) is 4.04. The van der Waals surface area contributed by atoms with Gasteiger partial charge < -0.3 is 9.64 Å². The topological polar surface area (TPSA) is 107 Å². The van der Waals surface area contributed by atoms with Crippen molar-refractivity contribution < 1.29 is 17.9 Å². The van der Waals surface area contributed by atoms with Crippen LogP contribution in [-0.2, 0) is 25.9 Å². The monoisotopic (exact) mass is 379 g/mol. The third-order valence-corrected chi connectivity index (χ3v) is 5.17. The van der Waals surface area contributed by atoms with Gasteiger partial charge in [-0.1, -0.05) is 0 Å². The SMILES string of the molecule is C[C@H]1CN(C(=O)Cn2nnc(-c3ccc(S(C)(=O)=O)cc3)n2)C[C@H](C)O1. The van der Waals surface area contributed by atoms with E-state index in [4.69, 9.17) is 4.74 Å². The molecule has 26 heavy (non-hydrogen) atoms. The van der Waals surface area contributed by atoms with Crippen LogP contribution < -0.4 is 0 Å². The minimum Gasteiger partial charge on any atom is -0.372 e. The predicted octanol–water partition coefficient (Wildman–Crippen LogP) is 0.379. The number of sulfone groups is 1. The van der Waals surface area contributed by atoms with E-state index in [0.717, 1.165) is 6.26 Å². The van der Waals surface area contributed by atoms with Crippen LogP contribution in [0.2, 0.25) is 0 Å². The molecule has 1 fully saturated rings. The summed E-state index contributed by atoms with van der Waals surface area (Å²) in [6.07, 6.45) is 1.14. The molecule has 140 valence electrons. The lowest BCUT2D eigenvalue weighted by molar-refractivity contribution is -0.144. The average Bonchev–Trinajstić information content (AvgIpc) is 3.01. The maximum absolute atomic E-state index is 12.4. The molecule has 0 saturated carbocycles. The van der Waals surface area contributed by atoms with Crippen molar-refractivity contribution in [2.45, 2.75) is 37.5 Å². The zero-order chi connectivity index (χ0) is 18.9. The van der Waals surface area contributed by atoms with Crippen molar-refractivity contribution in [1.29, 1.82) is 0 Å². The van der Waals surface area contributed by atoms with Gasteiger partial charge in [0.05, 0.1) is 17.1 Å². The number of hydrogen-bond donors (Lipinski definition) is 0. The molecule has 2 aromatic rings. The number of carbonyl (C=O) groups excluding carboxylic acids is 1. The summed E-state index contributed by atoms with van der Waals surface area (Å²) in [4.78, 5) is 15.6. The molecule has 0 N–H and O–H groups in total. The van der Waals surface area contributed by atoms with Gasteiger partial charge in [-0.3, -0.25) is 4.79 Å². The highest BCUT2D eigenvalue weighted by Gasteiger charge is 2.26. The first-order valence-corrected chi connectivity index (χ1v) is 10.1. The van der Waals surface area contributed by atoms with Crippen LogP contribution in [0, 0.1) is 0 Å². The van der Waals surface area contributed by atoms with Crippen LogP contribution in [-0.4, -0.2) is 71.0 Å². The summed E-state index contributed by atoms with van der Waals surface area (Å²) < 4.78 is 28.6. The van der Waals surface area contributed by atoms with Gasteiger partial charge in [-0.25, -0.2) is 8.42 Å². The van der Waals surface area contributed by atoms with E-state index in [0.29, 0.717) is 24.5 Å². The number of nitrogens with zero attached hydrogens (tertiary/aromatic N) is 5. The van der Waals surface area contributed by atoms with Gasteiger partial charge in [-0.05, 0) is 43.3 Å². The molecular formula is C16H21N5O4S. The van der Waals surface area contributed by atoms with Crippen LogP contribution >= 0.6 is 0 Å². The second-order valence-electron chi connectivity index (χ2n) is 6.50. The lowest BCUT2D eigenvalue weighted by Gasteiger charge is -2.35. The quantitative estimate of drug-likeness (QED) is 0.756. The van der Waals surface area contributed by atoms with Crippen LogP contribution in [0.3, 0.4) is 0 Å². The molecule has 1 aliphatic rings. The number of hydrogen-bond acceptors (Lipinski definition) is 7. The minimum absolute atomic E-state index is 0.00433. The van der Waals surface area contributed by atoms with E-state index in [1.54, 1.807) is 17.0 Å². The Morgan fingerprint density at radius 3 is 2.38 bits per heavy atom. The van der Waals surface area contributed by atoms with Gasteiger partial charge in [-0.2, -0.15) is 4.80 Å². The molecule has 1 aromatic carbocycles. The number of ether oxygens (including phenoxy) is 1. The molecule has 3 rings (SSSR count). The lowest BCUT2D eigenvalue weighted by atomic mass is 10.2. The van der Waals surface area contributed by atoms with Crippen molar-refractivity contribution in [3.63, 3.8) is 0 Å². The molecule has 10 heteroatoms. The first-order chi connectivity index (χ1) is 12.2. The second kappa shape index (κ2) is 7.12. The maximum Gasteiger partial charge on any atom is 0.246 e. The molecule has 9 nitrogen and oxygen atoms in total. The number of carbonyl (C=O) groups is 1. The molecule has 0 aliphatic carbocycles. The van der Waals surface area contributed by atoms with Crippen LogP contribution in [0.15, 0.2) is 29.2 Å². The molecule has 1 aliphatic heterocycles. The fraction of sp³-hybridized carbons (Fsp3) is 0.500. The average molecular weight is 379 g/mol. The highest BCUT2D eigenvalue weighted by atomic mass is 32.2. The maximum atomic E-state index is 12.4. The summed E-state index contributed by atoms with van der Waals surface area (Å²) in [7, 11) is -3.26. The molecule has 0 unspecified atom stereocenters. The van der Waals surface area contributed by atoms with Gasteiger partial charge in [0, 0.05) is 24.9 Å². The van der Waals surface area contributed by atoms with E-state index >= 15 is 0 Å². The van der Waals surface area contributed by atoms with Crippen LogP contribution in [0.25, 0.3) is 11.4 Å². The highest BCUT2D eigenvalue weighted by molar-refractivity contribution is 7.90. The summed E-state index contributed by atoms with van der Waals surface area (Å²) in [5, 5.41) is 12.1. The predicted molar refractivity (Wildman–Crippen MR) is 93.0 cm³/mol. The minimum atomic E-state index is -3.26. The molecule has 0 bridgehead atoms. The van der Waals surface area contributed by atoms with Crippen molar-refractivity contribution in [1.82, 2.24) is 25.1 Å². The zero-order valence-electron chi connectivity index (χ0n) is 14.9. The van der Waals surface area contributed by atoms with Gasteiger partial charge >= 0.3 is 0 Å². The smallest absolute Gasteiger partial charge is 0.246 e. The molecule has 1 amide bonds. The number of morpholine rings is 1. The summed E-state index contributed by atoms with van der Waals surface area (Å²) in [5.41, 5.74) is 0.629.